The highest BCUT2D eigenvalue weighted by atomic mass is 19.4. The van der Waals surface area contributed by atoms with Gasteiger partial charge in [-0.3, -0.25) is 4.90 Å². The van der Waals surface area contributed by atoms with Crippen LogP contribution in [0, 0.1) is 0 Å². The second-order valence-corrected chi connectivity index (χ2v) is 7.20. The smallest absolute Gasteiger partial charge is 0.369 e. The molecule has 0 N–H and O–H groups in total. The summed E-state index contributed by atoms with van der Waals surface area (Å²) in [5, 5.41) is 0. The quantitative estimate of drug-likeness (QED) is 0.680. The zero-order chi connectivity index (χ0) is 19.3. The molecule has 0 amide bonds. The van der Waals surface area contributed by atoms with Crippen molar-refractivity contribution in [3.05, 3.63) is 65.7 Å². The van der Waals surface area contributed by atoms with E-state index < -0.39 is 11.7 Å². The molecule has 2 aromatic rings. The fraction of sp³-hybridized carbons (Fsp3) is 0.455. The second kappa shape index (κ2) is 8.79. The average molecular weight is 376 g/mol. The summed E-state index contributed by atoms with van der Waals surface area (Å²) in [5.74, 6) is 0. The largest absolute Gasteiger partial charge is 0.416 e. The second-order valence-electron chi connectivity index (χ2n) is 7.20. The molecule has 0 bridgehead atoms. The maximum absolute atomic E-state index is 13.0. The van der Waals surface area contributed by atoms with Crippen molar-refractivity contribution in [1.29, 1.82) is 0 Å². The summed E-state index contributed by atoms with van der Waals surface area (Å²) in [5.41, 5.74) is 1.44. The zero-order valence-corrected chi connectivity index (χ0v) is 15.8. The first-order valence-electron chi connectivity index (χ1n) is 9.67. The van der Waals surface area contributed by atoms with Crippen molar-refractivity contribution in [2.75, 3.05) is 31.1 Å². The normalized spacial score (nSPS) is 17.1. The SMILES string of the molecule is CCCC(Cc1ccccc1)N1CCN(c2cccc(C(F)(F)F)c2)CC1. The van der Waals surface area contributed by atoms with E-state index in [1.165, 1.54) is 17.7 Å². The predicted octanol–water partition coefficient (Wildman–Crippen LogP) is 5.24. The highest BCUT2D eigenvalue weighted by molar-refractivity contribution is 5.49. The summed E-state index contributed by atoms with van der Waals surface area (Å²) < 4.78 is 38.9. The summed E-state index contributed by atoms with van der Waals surface area (Å²) in [6.07, 6.45) is -0.998. The third-order valence-electron chi connectivity index (χ3n) is 5.31. The van der Waals surface area contributed by atoms with Crippen LogP contribution in [0.5, 0.6) is 0 Å². The first-order valence-corrected chi connectivity index (χ1v) is 9.67. The highest BCUT2D eigenvalue weighted by Crippen LogP contribution is 2.32. The monoisotopic (exact) mass is 376 g/mol. The number of rotatable bonds is 6. The van der Waals surface area contributed by atoms with E-state index in [1.807, 2.05) is 6.07 Å². The van der Waals surface area contributed by atoms with Crippen molar-refractivity contribution in [3.63, 3.8) is 0 Å². The van der Waals surface area contributed by atoms with Crippen molar-refractivity contribution >= 4 is 5.69 Å². The van der Waals surface area contributed by atoms with Gasteiger partial charge >= 0.3 is 6.18 Å². The van der Waals surface area contributed by atoms with Gasteiger partial charge in [0.25, 0.3) is 0 Å². The van der Waals surface area contributed by atoms with Crippen LogP contribution in [0.25, 0.3) is 0 Å². The Labute approximate surface area is 159 Å². The lowest BCUT2D eigenvalue weighted by molar-refractivity contribution is -0.137. The van der Waals surface area contributed by atoms with Gasteiger partial charge in [-0.05, 0) is 36.6 Å². The minimum absolute atomic E-state index is 0.487. The van der Waals surface area contributed by atoms with Gasteiger partial charge in [0.15, 0.2) is 0 Å². The van der Waals surface area contributed by atoms with Gasteiger partial charge in [0.1, 0.15) is 0 Å². The summed E-state index contributed by atoms with van der Waals surface area (Å²) >= 11 is 0. The van der Waals surface area contributed by atoms with Gasteiger partial charge in [-0.1, -0.05) is 49.7 Å². The summed E-state index contributed by atoms with van der Waals surface area (Å²) in [4.78, 5) is 4.57. The number of alkyl halides is 3. The van der Waals surface area contributed by atoms with E-state index in [0.29, 0.717) is 11.7 Å². The lowest BCUT2D eigenvalue weighted by Crippen LogP contribution is -2.51. The summed E-state index contributed by atoms with van der Waals surface area (Å²) in [6.45, 7) is 5.49. The molecule has 0 aromatic heterocycles. The topological polar surface area (TPSA) is 6.48 Å². The van der Waals surface area contributed by atoms with Gasteiger partial charge in [-0.25, -0.2) is 0 Å². The predicted molar refractivity (Wildman–Crippen MR) is 104 cm³/mol. The molecule has 27 heavy (non-hydrogen) atoms. The van der Waals surface area contributed by atoms with E-state index in [0.717, 1.165) is 51.5 Å². The first kappa shape index (κ1) is 19.7. The zero-order valence-electron chi connectivity index (χ0n) is 15.8. The van der Waals surface area contributed by atoms with Crippen LogP contribution in [0.3, 0.4) is 0 Å². The Morgan fingerprint density at radius 1 is 0.926 bits per heavy atom. The van der Waals surface area contributed by atoms with Crippen LogP contribution in [0.1, 0.15) is 30.9 Å². The van der Waals surface area contributed by atoms with Gasteiger partial charge < -0.3 is 4.90 Å². The van der Waals surface area contributed by atoms with E-state index >= 15 is 0 Å². The average Bonchev–Trinajstić information content (AvgIpc) is 2.68. The molecule has 0 radical (unpaired) electrons. The van der Waals surface area contributed by atoms with Crippen LogP contribution < -0.4 is 4.90 Å². The molecule has 1 heterocycles. The Balaban J connectivity index is 1.63. The maximum Gasteiger partial charge on any atom is 0.416 e. The van der Waals surface area contributed by atoms with Crippen molar-refractivity contribution < 1.29 is 13.2 Å². The van der Waals surface area contributed by atoms with E-state index in [-0.39, 0.29) is 0 Å². The van der Waals surface area contributed by atoms with Gasteiger partial charge in [0, 0.05) is 37.9 Å². The van der Waals surface area contributed by atoms with Gasteiger partial charge in [-0.2, -0.15) is 13.2 Å². The van der Waals surface area contributed by atoms with E-state index in [2.05, 4.69) is 41.0 Å². The molecule has 0 spiro atoms. The fourth-order valence-corrected chi connectivity index (χ4v) is 3.86. The molecule has 1 aliphatic heterocycles. The highest BCUT2D eigenvalue weighted by Gasteiger charge is 2.31. The minimum atomic E-state index is -4.29. The van der Waals surface area contributed by atoms with Crippen molar-refractivity contribution in [2.45, 2.75) is 38.4 Å². The number of hydrogen-bond acceptors (Lipinski definition) is 2. The van der Waals surface area contributed by atoms with Crippen LogP contribution in [-0.2, 0) is 12.6 Å². The Morgan fingerprint density at radius 3 is 2.26 bits per heavy atom. The molecule has 3 rings (SSSR count). The third kappa shape index (κ3) is 5.25. The molecule has 0 saturated carbocycles. The number of halogens is 3. The maximum atomic E-state index is 13.0. The third-order valence-corrected chi connectivity index (χ3v) is 5.31. The first-order chi connectivity index (χ1) is 13.0. The van der Waals surface area contributed by atoms with Gasteiger partial charge in [0.2, 0.25) is 0 Å². The molecular weight excluding hydrogens is 349 g/mol. The number of nitrogens with zero attached hydrogens (tertiary/aromatic N) is 2. The molecule has 1 aliphatic rings. The number of piperazine rings is 1. The summed E-state index contributed by atoms with van der Waals surface area (Å²) in [6, 6.07) is 16.7. The minimum Gasteiger partial charge on any atom is -0.369 e. The Kier molecular flexibility index (Phi) is 6.42. The van der Waals surface area contributed by atoms with Crippen LogP contribution in [0.4, 0.5) is 18.9 Å². The van der Waals surface area contributed by atoms with Crippen LogP contribution in [0.15, 0.2) is 54.6 Å². The Hall–Kier alpha value is -2.01. The molecule has 2 aromatic carbocycles. The molecule has 2 nitrogen and oxygen atoms in total. The van der Waals surface area contributed by atoms with E-state index in [4.69, 9.17) is 0 Å². The number of benzene rings is 2. The van der Waals surface area contributed by atoms with Crippen molar-refractivity contribution in [1.82, 2.24) is 4.90 Å². The standard InChI is InChI=1S/C22H27F3N2/c1-2-7-20(16-18-8-4-3-5-9-18)26-12-14-27(15-13-26)21-11-6-10-19(17-21)22(23,24)25/h3-6,8-11,17,20H,2,7,12-16H2,1H3. The molecule has 146 valence electrons. The summed E-state index contributed by atoms with van der Waals surface area (Å²) in [7, 11) is 0. The van der Waals surface area contributed by atoms with Crippen LogP contribution in [-0.4, -0.2) is 37.1 Å². The lowest BCUT2D eigenvalue weighted by Gasteiger charge is -2.40. The van der Waals surface area contributed by atoms with Crippen molar-refractivity contribution in [3.8, 4) is 0 Å². The van der Waals surface area contributed by atoms with E-state index in [1.54, 1.807) is 6.07 Å². The van der Waals surface area contributed by atoms with E-state index in [9.17, 15) is 13.2 Å². The fourth-order valence-electron chi connectivity index (χ4n) is 3.86. The van der Waals surface area contributed by atoms with Crippen molar-refractivity contribution in [2.24, 2.45) is 0 Å². The Morgan fingerprint density at radius 2 is 1.63 bits per heavy atom. The molecule has 1 atom stereocenters. The molecule has 1 unspecified atom stereocenters. The Bertz CT molecular complexity index is 707. The molecule has 1 saturated heterocycles. The number of hydrogen-bond donors (Lipinski definition) is 0. The molecule has 0 aliphatic carbocycles. The molecule has 1 fully saturated rings. The number of anilines is 1. The van der Waals surface area contributed by atoms with Gasteiger partial charge in [-0.15, -0.1) is 0 Å². The van der Waals surface area contributed by atoms with Gasteiger partial charge in [0.05, 0.1) is 5.56 Å². The molecule has 5 heteroatoms. The lowest BCUT2D eigenvalue weighted by atomic mass is 9.99. The molecular formula is C22H27F3N2. The van der Waals surface area contributed by atoms with Crippen LogP contribution >= 0.6 is 0 Å². The van der Waals surface area contributed by atoms with Crippen LogP contribution in [0.2, 0.25) is 0 Å².